The summed E-state index contributed by atoms with van der Waals surface area (Å²) in [5.74, 6) is 1.14. The SMILES string of the molecule is Cc1cc(N2Cc3ccccc3[S+]2[O-])nc(Oc2cccnc2)n1. The molecule has 1 unspecified atom stereocenters. The largest absolute Gasteiger partial charge is 0.588 e. The summed E-state index contributed by atoms with van der Waals surface area (Å²) in [4.78, 5) is 13.5. The van der Waals surface area contributed by atoms with Crippen molar-refractivity contribution in [3.05, 3.63) is 66.1 Å². The molecule has 0 radical (unpaired) electrons. The average molecular weight is 338 g/mol. The van der Waals surface area contributed by atoms with Gasteiger partial charge in [0.25, 0.3) is 0 Å². The average Bonchev–Trinajstić information content (AvgIpc) is 2.93. The van der Waals surface area contributed by atoms with Gasteiger partial charge in [0.15, 0.2) is 10.7 Å². The molecule has 0 bridgehead atoms. The number of nitrogens with zero attached hydrogens (tertiary/aromatic N) is 4. The molecule has 0 amide bonds. The number of fused-ring (bicyclic) bond motifs is 1. The summed E-state index contributed by atoms with van der Waals surface area (Å²) in [6.45, 7) is 2.40. The van der Waals surface area contributed by atoms with Crippen molar-refractivity contribution in [1.82, 2.24) is 15.0 Å². The minimum atomic E-state index is -1.27. The molecule has 4 rings (SSSR count). The fourth-order valence-corrected chi connectivity index (χ4v) is 3.82. The first-order chi connectivity index (χ1) is 11.7. The van der Waals surface area contributed by atoms with E-state index in [4.69, 9.17) is 4.74 Å². The normalized spacial score (nSPS) is 16.1. The van der Waals surface area contributed by atoms with Gasteiger partial charge >= 0.3 is 6.01 Å². The Morgan fingerprint density at radius 1 is 1.17 bits per heavy atom. The van der Waals surface area contributed by atoms with Crippen LogP contribution < -0.4 is 9.04 Å². The van der Waals surface area contributed by atoms with Gasteiger partial charge in [-0.2, -0.15) is 9.29 Å². The molecule has 7 heteroatoms. The van der Waals surface area contributed by atoms with Crippen molar-refractivity contribution >= 4 is 17.2 Å². The molecule has 0 saturated heterocycles. The second-order valence-corrected chi connectivity index (χ2v) is 6.71. The second-order valence-electron chi connectivity index (χ2n) is 5.33. The van der Waals surface area contributed by atoms with E-state index in [0.717, 1.165) is 16.2 Å². The molecule has 120 valence electrons. The Morgan fingerprint density at radius 2 is 2.04 bits per heavy atom. The molecule has 3 heterocycles. The molecular formula is C17H14N4O2S. The van der Waals surface area contributed by atoms with Gasteiger partial charge in [-0.25, -0.2) is 4.98 Å². The lowest BCUT2D eigenvalue weighted by atomic mass is 10.2. The minimum absolute atomic E-state index is 0.214. The summed E-state index contributed by atoms with van der Waals surface area (Å²) in [7, 11) is 0. The van der Waals surface area contributed by atoms with Gasteiger partial charge in [0, 0.05) is 23.5 Å². The van der Waals surface area contributed by atoms with Gasteiger partial charge in [0.05, 0.1) is 12.7 Å². The van der Waals surface area contributed by atoms with E-state index in [1.54, 1.807) is 34.9 Å². The fourth-order valence-electron chi connectivity index (χ4n) is 2.51. The molecule has 1 aliphatic rings. The molecule has 24 heavy (non-hydrogen) atoms. The summed E-state index contributed by atoms with van der Waals surface area (Å²) >= 11 is -1.27. The van der Waals surface area contributed by atoms with Crippen molar-refractivity contribution in [3.8, 4) is 11.8 Å². The summed E-state index contributed by atoms with van der Waals surface area (Å²) in [6, 6.07) is 13.3. The van der Waals surface area contributed by atoms with Crippen molar-refractivity contribution in [2.45, 2.75) is 18.4 Å². The lowest BCUT2D eigenvalue weighted by Crippen LogP contribution is -2.25. The van der Waals surface area contributed by atoms with Gasteiger partial charge < -0.3 is 9.29 Å². The van der Waals surface area contributed by atoms with Crippen LogP contribution in [-0.2, 0) is 17.9 Å². The molecule has 3 aromatic rings. The Hall–Kier alpha value is -2.64. The van der Waals surface area contributed by atoms with Gasteiger partial charge in [0.2, 0.25) is 0 Å². The number of aryl methyl sites for hydroxylation is 1. The maximum absolute atomic E-state index is 12.7. The van der Waals surface area contributed by atoms with Gasteiger partial charge in [-0.05, 0) is 25.1 Å². The number of ether oxygens (including phenoxy) is 1. The molecule has 1 aromatic carbocycles. The molecule has 0 aliphatic carbocycles. The lowest BCUT2D eigenvalue weighted by molar-refractivity contribution is 0.438. The summed E-state index contributed by atoms with van der Waals surface area (Å²) < 4.78 is 20.1. The van der Waals surface area contributed by atoms with Crippen LogP contribution in [0.2, 0.25) is 0 Å². The highest BCUT2D eigenvalue weighted by Crippen LogP contribution is 2.34. The van der Waals surface area contributed by atoms with Crippen molar-refractivity contribution < 1.29 is 9.29 Å². The van der Waals surface area contributed by atoms with Crippen molar-refractivity contribution in [2.75, 3.05) is 4.31 Å². The maximum Gasteiger partial charge on any atom is 0.324 e. The third-order valence-corrected chi connectivity index (χ3v) is 5.09. The highest BCUT2D eigenvalue weighted by atomic mass is 32.2. The quantitative estimate of drug-likeness (QED) is 0.684. The number of hydrogen-bond acceptors (Lipinski definition) is 6. The molecular weight excluding hydrogens is 324 g/mol. The monoisotopic (exact) mass is 338 g/mol. The van der Waals surface area contributed by atoms with Crippen LogP contribution in [0.25, 0.3) is 0 Å². The van der Waals surface area contributed by atoms with E-state index < -0.39 is 11.4 Å². The standard InChI is InChI=1S/C17H14N4O2S/c1-12-9-16(20-17(19-12)23-14-6-4-8-18-10-14)21-11-13-5-2-3-7-15(13)24(21)22/h2-10H,11H2,1H3. The van der Waals surface area contributed by atoms with E-state index in [2.05, 4.69) is 15.0 Å². The third-order valence-electron chi connectivity index (χ3n) is 3.59. The maximum atomic E-state index is 12.7. The van der Waals surface area contributed by atoms with Crippen LogP contribution in [0.15, 0.2) is 59.8 Å². The topological polar surface area (TPSA) is 74.2 Å². The molecule has 1 atom stereocenters. The summed E-state index contributed by atoms with van der Waals surface area (Å²) in [5, 5.41) is 0. The zero-order valence-corrected chi connectivity index (χ0v) is 13.7. The van der Waals surface area contributed by atoms with Crippen molar-refractivity contribution in [2.24, 2.45) is 0 Å². The third kappa shape index (κ3) is 2.79. The molecule has 0 spiro atoms. The Bertz CT molecular complexity index is 875. The zero-order chi connectivity index (χ0) is 16.5. The first kappa shape index (κ1) is 14.9. The van der Waals surface area contributed by atoms with Crippen LogP contribution in [0, 0.1) is 6.92 Å². The van der Waals surface area contributed by atoms with E-state index >= 15 is 0 Å². The highest BCUT2D eigenvalue weighted by Gasteiger charge is 2.35. The Labute approximate surface area is 142 Å². The van der Waals surface area contributed by atoms with E-state index in [1.807, 2.05) is 31.2 Å². The fraction of sp³-hybridized carbons (Fsp3) is 0.118. The number of pyridine rings is 1. The van der Waals surface area contributed by atoms with E-state index in [1.165, 1.54) is 0 Å². The lowest BCUT2D eigenvalue weighted by Gasteiger charge is -2.18. The number of benzene rings is 1. The first-order valence-corrected chi connectivity index (χ1v) is 8.52. The van der Waals surface area contributed by atoms with E-state index in [-0.39, 0.29) is 6.01 Å². The zero-order valence-electron chi connectivity index (χ0n) is 12.9. The highest BCUT2D eigenvalue weighted by molar-refractivity contribution is 7.93. The van der Waals surface area contributed by atoms with E-state index in [0.29, 0.717) is 18.1 Å². The van der Waals surface area contributed by atoms with Crippen LogP contribution in [0.4, 0.5) is 5.82 Å². The number of rotatable bonds is 3. The van der Waals surface area contributed by atoms with Gasteiger partial charge in [-0.1, -0.05) is 18.2 Å². The molecule has 2 aromatic heterocycles. The van der Waals surface area contributed by atoms with Crippen molar-refractivity contribution in [1.29, 1.82) is 0 Å². The van der Waals surface area contributed by atoms with Crippen LogP contribution in [0.5, 0.6) is 11.8 Å². The first-order valence-electron chi connectivity index (χ1n) is 7.41. The smallest absolute Gasteiger partial charge is 0.324 e. The molecule has 1 aliphatic heterocycles. The number of hydrogen-bond donors (Lipinski definition) is 0. The van der Waals surface area contributed by atoms with Gasteiger partial charge in [0.1, 0.15) is 17.1 Å². The van der Waals surface area contributed by atoms with Crippen LogP contribution >= 0.6 is 0 Å². The predicted molar refractivity (Wildman–Crippen MR) is 90.1 cm³/mol. The van der Waals surface area contributed by atoms with Crippen LogP contribution in [0.3, 0.4) is 0 Å². The Morgan fingerprint density at radius 3 is 2.83 bits per heavy atom. The number of anilines is 1. The summed E-state index contributed by atoms with van der Waals surface area (Å²) in [6.07, 6.45) is 3.26. The van der Waals surface area contributed by atoms with Gasteiger partial charge in [-0.15, -0.1) is 0 Å². The Kier molecular flexibility index (Phi) is 3.79. The second kappa shape index (κ2) is 6.10. The minimum Gasteiger partial charge on any atom is -0.588 e. The molecule has 0 N–H and O–H groups in total. The van der Waals surface area contributed by atoms with E-state index in [9.17, 15) is 4.55 Å². The van der Waals surface area contributed by atoms with Crippen LogP contribution in [-0.4, -0.2) is 19.5 Å². The molecule has 0 fully saturated rings. The number of aromatic nitrogens is 3. The van der Waals surface area contributed by atoms with Gasteiger partial charge in [-0.3, -0.25) is 4.98 Å². The molecule has 0 saturated carbocycles. The Balaban J connectivity index is 1.65. The van der Waals surface area contributed by atoms with Crippen LogP contribution in [0.1, 0.15) is 11.3 Å². The molecule has 6 nitrogen and oxygen atoms in total. The predicted octanol–water partition coefficient (Wildman–Crippen LogP) is 3.02. The summed E-state index contributed by atoms with van der Waals surface area (Å²) in [5.41, 5.74) is 1.79. The van der Waals surface area contributed by atoms with Crippen molar-refractivity contribution in [3.63, 3.8) is 0 Å².